The zero-order valence-corrected chi connectivity index (χ0v) is 20.8. The van der Waals surface area contributed by atoms with Gasteiger partial charge >= 0.3 is 5.97 Å². The Labute approximate surface area is 176 Å². The van der Waals surface area contributed by atoms with Gasteiger partial charge in [-0.05, 0) is 28.8 Å². The standard InChI is InChI=1S/C20H32Br2O3Si/c1-14(2)26(15(3)4,16(5)6)25-13-19(22)18(21)12-24-20(23)17-10-8-7-9-11-17/h7-11,14-16,18-19H,12-13H2,1-6H3/t18-,19+/m1/s1. The van der Waals surface area contributed by atoms with Crippen LogP contribution in [0.5, 0.6) is 0 Å². The molecule has 3 nitrogen and oxygen atoms in total. The highest BCUT2D eigenvalue weighted by Crippen LogP contribution is 2.42. The van der Waals surface area contributed by atoms with E-state index in [0.717, 1.165) is 0 Å². The van der Waals surface area contributed by atoms with Crippen LogP contribution in [0, 0.1) is 0 Å². The van der Waals surface area contributed by atoms with Crippen molar-refractivity contribution >= 4 is 46.1 Å². The van der Waals surface area contributed by atoms with E-state index in [1.807, 2.05) is 18.2 Å². The van der Waals surface area contributed by atoms with E-state index in [0.29, 0.717) is 35.4 Å². The van der Waals surface area contributed by atoms with Gasteiger partial charge in [-0.1, -0.05) is 91.6 Å². The van der Waals surface area contributed by atoms with Crippen LogP contribution < -0.4 is 0 Å². The minimum atomic E-state index is -1.89. The highest BCUT2D eigenvalue weighted by Gasteiger charge is 2.45. The second-order valence-electron chi connectivity index (χ2n) is 7.63. The van der Waals surface area contributed by atoms with Crippen LogP contribution >= 0.6 is 31.9 Å². The molecule has 0 aliphatic carbocycles. The maximum absolute atomic E-state index is 12.1. The molecule has 0 spiro atoms. The minimum absolute atomic E-state index is 0.00616. The molecule has 0 radical (unpaired) electrons. The zero-order chi connectivity index (χ0) is 19.9. The van der Waals surface area contributed by atoms with Crippen LogP contribution in [0.1, 0.15) is 51.9 Å². The van der Waals surface area contributed by atoms with Crippen LogP contribution in [-0.2, 0) is 9.16 Å². The van der Waals surface area contributed by atoms with Crippen LogP contribution in [0.15, 0.2) is 30.3 Å². The summed E-state index contributed by atoms with van der Waals surface area (Å²) < 4.78 is 12.0. The first-order valence-electron chi connectivity index (χ1n) is 9.27. The van der Waals surface area contributed by atoms with Crippen molar-refractivity contribution in [2.75, 3.05) is 13.2 Å². The third kappa shape index (κ3) is 6.18. The van der Waals surface area contributed by atoms with Gasteiger partial charge in [-0.25, -0.2) is 4.79 Å². The monoisotopic (exact) mass is 506 g/mol. The highest BCUT2D eigenvalue weighted by atomic mass is 79.9. The van der Waals surface area contributed by atoms with Crippen molar-refractivity contribution in [1.29, 1.82) is 0 Å². The third-order valence-electron chi connectivity index (χ3n) is 4.98. The van der Waals surface area contributed by atoms with Crippen molar-refractivity contribution in [3.05, 3.63) is 35.9 Å². The fourth-order valence-corrected chi connectivity index (χ4v) is 10.0. The van der Waals surface area contributed by atoms with E-state index < -0.39 is 8.32 Å². The molecule has 0 bridgehead atoms. The van der Waals surface area contributed by atoms with Gasteiger partial charge in [-0.15, -0.1) is 0 Å². The Kier molecular flexibility index (Phi) is 10.1. The lowest BCUT2D eigenvalue weighted by Gasteiger charge is -2.42. The number of carbonyl (C=O) groups excluding carboxylic acids is 1. The maximum Gasteiger partial charge on any atom is 0.338 e. The Morgan fingerprint density at radius 3 is 1.81 bits per heavy atom. The highest BCUT2D eigenvalue weighted by molar-refractivity contribution is 9.12. The molecule has 0 amide bonds. The molecule has 0 aliphatic heterocycles. The van der Waals surface area contributed by atoms with Crippen molar-refractivity contribution < 1.29 is 14.0 Å². The van der Waals surface area contributed by atoms with Crippen LogP contribution in [0.2, 0.25) is 16.6 Å². The molecule has 0 fully saturated rings. The molecule has 148 valence electrons. The summed E-state index contributed by atoms with van der Waals surface area (Å²) in [5.41, 5.74) is 2.21. The number of carbonyl (C=O) groups is 1. The van der Waals surface area contributed by atoms with E-state index in [9.17, 15) is 4.79 Å². The number of ether oxygens (including phenoxy) is 1. The predicted octanol–water partition coefficient (Wildman–Crippen LogP) is 6.56. The predicted molar refractivity (Wildman–Crippen MR) is 119 cm³/mol. The van der Waals surface area contributed by atoms with Gasteiger partial charge in [0.15, 0.2) is 8.32 Å². The molecule has 0 saturated heterocycles. The van der Waals surface area contributed by atoms with Gasteiger partial charge in [0, 0.05) is 6.61 Å². The summed E-state index contributed by atoms with van der Waals surface area (Å²) in [4.78, 5) is 12.1. The van der Waals surface area contributed by atoms with E-state index in [1.165, 1.54) is 0 Å². The van der Waals surface area contributed by atoms with Gasteiger partial charge in [-0.3, -0.25) is 0 Å². The lowest BCUT2D eigenvalue weighted by molar-refractivity contribution is 0.0504. The Morgan fingerprint density at radius 2 is 1.35 bits per heavy atom. The molecule has 26 heavy (non-hydrogen) atoms. The summed E-state index contributed by atoms with van der Waals surface area (Å²) in [5.74, 6) is -0.300. The summed E-state index contributed by atoms with van der Waals surface area (Å²) in [7, 11) is -1.89. The molecule has 0 heterocycles. The first kappa shape index (κ1) is 23.9. The molecule has 1 rings (SSSR count). The molecular weight excluding hydrogens is 476 g/mol. The van der Waals surface area contributed by atoms with Crippen molar-refractivity contribution in [2.45, 2.75) is 67.8 Å². The van der Waals surface area contributed by atoms with Gasteiger partial charge in [0.2, 0.25) is 0 Å². The fraction of sp³-hybridized carbons (Fsp3) is 0.650. The van der Waals surface area contributed by atoms with Crippen LogP contribution in [0.3, 0.4) is 0 Å². The van der Waals surface area contributed by atoms with Gasteiger partial charge in [-0.2, -0.15) is 0 Å². The van der Waals surface area contributed by atoms with E-state index >= 15 is 0 Å². The Hall–Kier alpha value is -0.173. The smallest absolute Gasteiger partial charge is 0.338 e. The lowest BCUT2D eigenvalue weighted by Crippen LogP contribution is -2.49. The van der Waals surface area contributed by atoms with Gasteiger partial charge in [0.1, 0.15) is 6.61 Å². The summed E-state index contributed by atoms with van der Waals surface area (Å²) in [6.45, 7) is 14.6. The van der Waals surface area contributed by atoms with E-state index in [2.05, 4.69) is 73.4 Å². The third-order valence-corrected chi connectivity index (χ3v) is 13.6. The fourth-order valence-electron chi connectivity index (χ4n) is 3.75. The van der Waals surface area contributed by atoms with Gasteiger partial charge in [0.05, 0.1) is 15.2 Å². The molecule has 0 aliphatic rings. The molecule has 0 aromatic heterocycles. The van der Waals surface area contributed by atoms with Crippen molar-refractivity contribution in [3.8, 4) is 0 Å². The summed E-state index contributed by atoms with van der Waals surface area (Å²) in [5, 5.41) is 0. The average molecular weight is 508 g/mol. The number of rotatable bonds is 10. The molecule has 2 atom stereocenters. The van der Waals surface area contributed by atoms with Gasteiger partial charge in [0.25, 0.3) is 0 Å². The second-order valence-corrected chi connectivity index (χ2v) is 15.4. The van der Waals surface area contributed by atoms with E-state index in [-0.39, 0.29) is 15.6 Å². The number of alkyl halides is 2. The molecule has 0 N–H and O–H groups in total. The summed E-state index contributed by atoms with van der Waals surface area (Å²) in [6, 6.07) is 9.06. The van der Waals surface area contributed by atoms with Gasteiger partial charge < -0.3 is 9.16 Å². The number of esters is 1. The van der Waals surface area contributed by atoms with Crippen molar-refractivity contribution in [1.82, 2.24) is 0 Å². The second kappa shape index (κ2) is 11.0. The summed E-state index contributed by atoms with van der Waals surface area (Å²) >= 11 is 7.34. The molecule has 0 saturated carbocycles. The zero-order valence-electron chi connectivity index (χ0n) is 16.7. The van der Waals surface area contributed by atoms with Crippen LogP contribution in [0.25, 0.3) is 0 Å². The Balaban J connectivity index is 2.60. The number of halogens is 2. The average Bonchev–Trinajstić information content (AvgIpc) is 2.59. The molecule has 1 aromatic carbocycles. The van der Waals surface area contributed by atoms with E-state index in [1.54, 1.807) is 12.1 Å². The molecule has 1 aromatic rings. The minimum Gasteiger partial charge on any atom is -0.461 e. The topological polar surface area (TPSA) is 35.5 Å². The quantitative estimate of drug-likeness (QED) is 0.204. The molecule has 6 heteroatoms. The Morgan fingerprint density at radius 1 is 0.885 bits per heavy atom. The SMILES string of the molecule is CC(C)[Si](OC[C@H](Br)[C@H](Br)COC(=O)c1ccccc1)(C(C)C)C(C)C. The largest absolute Gasteiger partial charge is 0.461 e. The molecule has 0 unspecified atom stereocenters. The first-order chi connectivity index (χ1) is 12.1. The lowest BCUT2D eigenvalue weighted by atomic mass is 10.2. The van der Waals surface area contributed by atoms with E-state index in [4.69, 9.17) is 9.16 Å². The van der Waals surface area contributed by atoms with Crippen LogP contribution in [-0.4, -0.2) is 37.2 Å². The number of hydrogen-bond acceptors (Lipinski definition) is 3. The van der Waals surface area contributed by atoms with Crippen LogP contribution in [0.4, 0.5) is 0 Å². The van der Waals surface area contributed by atoms with Crippen molar-refractivity contribution in [2.24, 2.45) is 0 Å². The number of benzene rings is 1. The molecular formula is C20H32Br2O3Si. The Bertz CT molecular complexity index is 527. The normalized spacial score (nSPS) is 14.7. The summed E-state index contributed by atoms with van der Waals surface area (Å²) in [6.07, 6.45) is 0. The van der Waals surface area contributed by atoms with Crippen molar-refractivity contribution in [3.63, 3.8) is 0 Å². The first-order valence-corrected chi connectivity index (χ1v) is 13.2. The maximum atomic E-state index is 12.1. The number of hydrogen-bond donors (Lipinski definition) is 0.